The molecule has 0 bridgehead atoms. The first-order chi connectivity index (χ1) is 9.24. The maximum absolute atomic E-state index is 11.8. The van der Waals surface area contributed by atoms with Gasteiger partial charge in [0.1, 0.15) is 0 Å². The monoisotopic (exact) mass is 298 g/mol. The van der Waals surface area contributed by atoms with Crippen LogP contribution < -0.4 is 10.6 Å². The molecule has 1 atom stereocenters. The molecule has 0 aliphatic rings. The van der Waals surface area contributed by atoms with Gasteiger partial charge in [-0.25, -0.2) is 0 Å². The highest BCUT2D eigenvalue weighted by molar-refractivity contribution is 5.77. The van der Waals surface area contributed by atoms with Gasteiger partial charge < -0.3 is 15.7 Å². The normalized spacial score (nSPS) is 13.0. The lowest BCUT2D eigenvalue weighted by molar-refractivity contribution is -0.137. The summed E-state index contributed by atoms with van der Waals surface area (Å²) < 4.78 is 35.5. The number of hydrogen-bond acceptors (Lipinski definition) is 3. The molecule has 8 heteroatoms. The zero-order chi connectivity index (χ0) is 15.6. The Labute approximate surface area is 115 Å². The Hall–Kier alpha value is -1.31. The van der Waals surface area contributed by atoms with Crippen LogP contribution in [0.25, 0.3) is 0 Å². The molecule has 20 heavy (non-hydrogen) atoms. The van der Waals surface area contributed by atoms with Gasteiger partial charge in [-0.1, -0.05) is 13.3 Å². The van der Waals surface area contributed by atoms with Crippen LogP contribution in [0, 0.1) is 5.92 Å². The minimum atomic E-state index is -4.33. The predicted molar refractivity (Wildman–Crippen MR) is 67.2 cm³/mol. The third-order valence-electron chi connectivity index (χ3n) is 2.83. The van der Waals surface area contributed by atoms with Crippen LogP contribution in [0.1, 0.15) is 32.6 Å². The molecule has 5 nitrogen and oxygen atoms in total. The van der Waals surface area contributed by atoms with E-state index in [0.29, 0.717) is 19.4 Å². The molecule has 0 aliphatic carbocycles. The standard InChI is InChI=1S/C12H21F3N2O3/c1-2-9(3-4-11(19)20)5-6-17-10(18)7-16-8-12(13,14)15/h9,16H,2-8H2,1H3,(H,17,18)(H,19,20). The lowest BCUT2D eigenvalue weighted by Gasteiger charge is -2.14. The van der Waals surface area contributed by atoms with Crippen molar-refractivity contribution in [3.8, 4) is 0 Å². The van der Waals surface area contributed by atoms with Gasteiger partial charge >= 0.3 is 12.1 Å². The number of alkyl halides is 3. The average molecular weight is 298 g/mol. The Morgan fingerprint density at radius 3 is 2.40 bits per heavy atom. The van der Waals surface area contributed by atoms with Crippen LogP contribution in [-0.2, 0) is 9.59 Å². The van der Waals surface area contributed by atoms with Gasteiger partial charge in [0.05, 0.1) is 13.1 Å². The molecule has 0 aromatic carbocycles. The molecule has 0 saturated heterocycles. The number of carboxylic acids is 1. The molecular weight excluding hydrogens is 277 g/mol. The second kappa shape index (κ2) is 9.57. The van der Waals surface area contributed by atoms with Crippen molar-refractivity contribution < 1.29 is 27.9 Å². The molecule has 1 amide bonds. The van der Waals surface area contributed by atoms with E-state index in [1.54, 1.807) is 0 Å². The lowest BCUT2D eigenvalue weighted by atomic mass is 9.97. The Morgan fingerprint density at radius 1 is 1.25 bits per heavy atom. The SMILES string of the molecule is CCC(CCNC(=O)CNCC(F)(F)F)CCC(=O)O. The molecule has 118 valence electrons. The largest absolute Gasteiger partial charge is 0.481 e. The van der Waals surface area contributed by atoms with Crippen LogP contribution in [0.3, 0.4) is 0 Å². The maximum Gasteiger partial charge on any atom is 0.401 e. The number of carbonyl (C=O) groups excluding carboxylic acids is 1. The molecule has 0 rings (SSSR count). The first kappa shape index (κ1) is 18.7. The van der Waals surface area contributed by atoms with Gasteiger partial charge in [0, 0.05) is 13.0 Å². The molecule has 3 N–H and O–H groups in total. The second-order valence-corrected chi connectivity index (χ2v) is 4.56. The fourth-order valence-corrected chi connectivity index (χ4v) is 1.68. The average Bonchev–Trinajstić information content (AvgIpc) is 2.31. The highest BCUT2D eigenvalue weighted by atomic mass is 19.4. The van der Waals surface area contributed by atoms with Crippen molar-refractivity contribution in [1.82, 2.24) is 10.6 Å². The van der Waals surface area contributed by atoms with Crippen molar-refractivity contribution in [3.05, 3.63) is 0 Å². The molecule has 0 saturated carbocycles. The lowest BCUT2D eigenvalue weighted by Crippen LogP contribution is -2.38. The Kier molecular flexibility index (Phi) is 8.94. The highest BCUT2D eigenvalue weighted by Crippen LogP contribution is 2.14. The molecule has 0 fully saturated rings. The number of nitrogens with one attached hydrogen (secondary N) is 2. The minimum Gasteiger partial charge on any atom is -0.481 e. The van der Waals surface area contributed by atoms with Crippen molar-refractivity contribution in [3.63, 3.8) is 0 Å². The second-order valence-electron chi connectivity index (χ2n) is 4.56. The summed E-state index contributed by atoms with van der Waals surface area (Å²) in [6.45, 7) is 0.686. The van der Waals surface area contributed by atoms with E-state index in [9.17, 15) is 22.8 Å². The van der Waals surface area contributed by atoms with E-state index in [1.807, 2.05) is 12.2 Å². The first-order valence-corrected chi connectivity index (χ1v) is 6.50. The van der Waals surface area contributed by atoms with Crippen LogP contribution in [0.5, 0.6) is 0 Å². The zero-order valence-corrected chi connectivity index (χ0v) is 11.4. The van der Waals surface area contributed by atoms with Crippen molar-refractivity contribution >= 4 is 11.9 Å². The summed E-state index contributed by atoms with van der Waals surface area (Å²) in [5, 5.41) is 13.1. The molecule has 0 aromatic rings. The van der Waals surface area contributed by atoms with Crippen LogP contribution >= 0.6 is 0 Å². The van der Waals surface area contributed by atoms with Crippen LogP contribution in [-0.4, -0.2) is 42.8 Å². The molecule has 0 radical (unpaired) electrons. The topological polar surface area (TPSA) is 78.4 Å². The van der Waals surface area contributed by atoms with Gasteiger partial charge in [0.25, 0.3) is 0 Å². The molecule has 1 unspecified atom stereocenters. The van der Waals surface area contributed by atoms with Gasteiger partial charge in [-0.2, -0.15) is 13.2 Å². The Balaban J connectivity index is 3.70. The number of aliphatic carboxylic acids is 1. The number of amides is 1. The van der Waals surface area contributed by atoms with E-state index >= 15 is 0 Å². The molecule has 0 spiro atoms. The summed E-state index contributed by atoms with van der Waals surface area (Å²) in [6.07, 6.45) is -2.29. The number of halogens is 3. The van der Waals surface area contributed by atoms with Gasteiger partial charge in [-0.15, -0.1) is 0 Å². The van der Waals surface area contributed by atoms with Crippen molar-refractivity contribution in [2.45, 2.75) is 38.8 Å². The zero-order valence-electron chi connectivity index (χ0n) is 11.4. The molecule has 0 heterocycles. The van der Waals surface area contributed by atoms with Gasteiger partial charge in [0.2, 0.25) is 5.91 Å². The van der Waals surface area contributed by atoms with E-state index < -0.39 is 24.6 Å². The molecule has 0 aliphatic heterocycles. The van der Waals surface area contributed by atoms with E-state index in [4.69, 9.17) is 5.11 Å². The summed E-state index contributed by atoms with van der Waals surface area (Å²) in [5.74, 6) is -1.17. The summed E-state index contributed by atoms with van der Waals surface area (Å²) in [6, 6.07) is 0. The number of hydrogen-bond donors (Lipinski definition) is 3. The summed E-state index contributed by atoms with van der Waals surface area (Å²) in [4.78, 5) is 21.7. The van der Waals surface area contributed by atoms with E-state index in [-0.39, 0.29) is 18.9 Å². The number of carbonyl (C=O) groups is 2. The third-order valence-corrected chi connectivity index (χ3v) is 2.83. The molecule has 0 aromatic heterocycles. The Morgan fingerprint density at radius 2 is 1.90 bits per heavy atom. The summed E-state index contributed by atoms with van der Waals surface area (Å²) in [5.41, 5.74) is 0. The first-order valence-electron chi connectivity index (χ1n) is 6.50. The van der Waals surface area contributed by atoms with Crippen molar-refractivity contribution in [1.29, 1.82) is 0 Å². The van der Waals surface area contributed by atoms with E-state index in [0.717, 1.165) is 6.42 Å². The minimum absolute atomic E-state index is 0.0829. The van der Waals surface area contributed by atoms with Crippen LogP contribution in [0.4, 0.5) is 13.2 Å². The van der Waals surface area contributed by atoms with E-state index in [2.05, 4.69) is 5.32 Å². The van der Waals surface area contributed by atoms with Gasteiger partial charge in [0.15, 0.2) is 0 Å². The van der Waals surface area contributed by atoms with Crippen LogP contribution in [0.15, 0.2) is 0 Å². The molecular formula is C12H21F3N2O3. The fourth-order valence-electron chi connectivity index (χ4n) is 1.68. The quantitative estimate of drug-likeness (QED) is 0.571. The smallest absolute Gasteiger partial charge is 0.401 e. The van der Waals surface area contributed by atoms with Crippen molar-refractivity contribution in [2.75, 3.05) is 19.6 Å². The summed E-state index contributed by atoms with van der Waals surface area (Å²) >= 11 is 0. The summed E-state index contributed by atoms with van der Waals surface area (Å²) in [7, 11) is 0. The fraction of sp³-hybridized carbons (Fsp3) is 0.833. The maximum atomic E-state index is 11.8. The van der Waals surface area contributed by atoms with Crippen molar-refractivity contribution in [2.24, 2.45) is 5.92 Å². The predicted octanol–water partition coefficient (Wildman–Crippen LogP) is 1.54. The van der Waals surface area contributed by atoms with Crippen LogP contribution in [0.2, 0.25) is 0 Å². The number of carboxylic acid groups (broad SMARTS) is 1. The van der Waals surface area contributed by atoms with Gasteiger partial charge in [-0.05, 0) is 18.8 Å². The highest BCUT2D eigenvalue weighted by Gasteiger charge is 2.26. The van der Waals surface area contributed by atoms with E-state index in [1.165, 1.54) is 0 Å². The number of rotatable bonds is 10. The third kappa shape index (κ3) is 11.8. The Bertz CT molecular complexity index is 309. The van der Waals surface area contributed by atoms with Gasteiger partial charge in [-0.3, -0.25) is 9.59 Å².